The summed E-state index contributed by atoms with van der Waals surface area (Å²) >= 11 is 0. The molecule has 0 radical (unpaired) electrons. The zero-order valence-corrected chi connectivity index (χ0v) is 7.93. The van der Waals surface area contributed by atoms with E-state index >= 15 is 0 Å². The van der Waals surface area contributed by atoms with E-state index in [0.717, 1.165) is 5.56 Å². The maximum atomic E-state index is 11.0. The maximum Gasteiger partial charge on any atom is 0.181 e. The van der Waals surface area contributed by atoms with Crippen LogP contribution in [-0.4, -0.2) is 24.6 Å². The van der Waals surface area contributed by atoms with Crippen LogP contribution in [0.3, 0.4) is 0 Å². The summed E-state index contributed by atoms with van der Waals surface area (Å²) in [5, 5.41) is 9.01. The molecular weight excluding hydrogens is 180 g/mol. The number of carbonyl (C=O) groups excluding carboxylic acids is 1. The number of methoxy groups -OCH3 is 1. The van der Waals surface area contributed by atoms with Gasteiger partial charge in [0, 0.05) is 7.11 Å². The molecular formula is C11H12O3. The van der Waals surface area contributed by atoms with Gasteiger partial charge in [0.1, 0.15) is 12.4 Å². The molecule has 0 aliphatic rings. The Labute approximate surface area is 82.6 Å². The predicted molar refractivity (Wildman–Crippen MR) is 54.0 cm³/mol. The third-order valence-corrected chi connectivity index (χ3v) is 1.64. The molecule has 1 aromatic rings. The summed E-state index contributed by atoms with van der Waals surface area (Å²) in [7, 11) is 1.48. The molecule has 0 atom stereocenters. The number of benzene rings is 1. The largest absolute Gasteiger partial charge is 0.508 e. The number of ketones is 1. The molecule has 0 unspecified atom stereocenters. The Morgan fingerprint density at radius 1 is 1.43 bits per heavy atom. The molecule has 0 bridgehead atoms. The minimum Gasteiger partial charge on any atom is -0.508 e. The Bertz CT molecular complexity index is 325. The lowest BCUT2D eigenvalue weighted by Crippen LogP contribution is -2.01. The van der Waals surface area contributed by atoms with Gasteiger partial charge in [0.15, 0.2) is 5.78 Å². The molecule has 0 heterocycles. The molecule has 0 spiro atoms. The first-order chi connectivity index (χ1) is 6.72. The van der Waals surface area contributed by atoms with E-state index in [2.05, 4.69) is 4.74 Å². The number of hydrogen-bond acceptors (Lipinski definition) is 3. The van der Waals surface area contributed by atoms with Gasteiger partial charge in [0.05, 0.1) is 0 Å². The van der Waals surface area contributed by atoms with Crippen molar-refractivity contribution in [3.05, 3.63) is 35.9 Å². The lowest BCUT2D eigenvalue weighted by atomic mass is 10.2. The third-order valence-electron chi connectivity index (χ3n) is 1.64. The minimum absolute atomic E-state index is 0.0828. The highest BCUT2D eigenvalue weighted by Gasteiger charge is 1.93. The Balaban J connectivity index is 2.60. The van der Waals surface area contributed by atoms with Gasteiger partial charge in [0.25, 0.3) is 0 Å². The Morgan fingerprint density at radius 3 is 2.64 bits per heavy atom. The van der Waals surface area contributed by atoms with Gasteiger partial charge in [-0.05, 0) is 23.8 Å². The van der Waals surface area contributed by atoms with Crippen LogP contribution in [0.1, 0.15) is 5.56 Å². The maximum absolute atomic E-state index is 11.0. The second kappa shape index (κ2) is 5.19. The van der Waals surface area contributed by atoms with Crippen LogP contribution >= 0.6 is 0 Å². The van der Waals surface area contributed by atoms with Crippen molar-refractivity contribution in [2.45, 2.75) is 0 Å². The fourth-order valence-corrected chi connectivity index (χ4v) is 0.965. The molecule has 0 aliphatic carbocycles. The highest BCUT2D eigenvalue weighted by atomic mass is 16.5. The van der Waals surface area contributed by atoms with Gasteiger partial charge in [-0.1, -0.05) is 18.2 Å². The molecule has 0 saturated heterocycles. The summed E-state index contributed by atoms with van der Waals surface area (Å²) < 4.78 is 4.67. The Hall–Kier alpha value is -1.61. The second-order valence-electron chi connectivity index (χ2n) is 2.82. The summed E-state index contributed by atoms with van der Waals surface area (Å²) in [6.45, 7) is 0.0918. The summed E-state index contributed by atoms with van der Waals surface area (Å²) in [5.41, 5.74) is 0.868. The van der Waals surface area contributed by atoms with Crippen LogP contribution in [0.15, 0.2) is 30.3 Å². The molecule has 3 nitrogen and oxygen atoms in total. The first kappa shape index (κ1) is 10.5. The van der Waals surface area contributed by atoms with E-state index in [1.165, 1.54) is 13.2 Å². The van der Waals surface area contributed by atoms with Crippen molar-refractivity contribution in [2.75, 3.05) is 13.7 Å². The van der Waals surface area contributed by atoms with Crippen LogP contribution in [0.5, 0.6) is 5.75 Å². The number of aromatic hydroxyl groups is 1. The van der Waals surface area contributed by atoms with E-state index in [0.29, 0.717) is 0 Å². The van der Waals surface area contributed by atoms with Crippen molar-refractivity contribution in [1.29, 1.82) is 0 Å². The number of hydrogen-bond donors (Lipinski definition) is 1. The first-order valence-corrected chi connectivity index (χ1v) is 4.21. The van der Waals surface area contributed by atoms with E-state index in [1.807, 2.05) is 0 Å². The lowest BCUT2D eigenvalue weighted by Gasteiger charge is -1.94. The molecule has 0 aliphatic heterocycles. The fraction of sp³-hybridized carbons (Fsp3) is 0.182. The fourth-order valence-electron chi connectivity index (χ4n) is 0.965. The van der Waals surface area contributed by atoms with Gasteiger partial charge in [-0.25, -0.2) is 0 Å². The number of rotatable bonds is 4. The monoisotopic (exact) mass is 192 g/mol. The highest BCUT2D eigenvalue weighted by Crippen LogP contribution is 2.10. The second-order valence-corrected chi connectivity index (χ2v) is 2.82. The van der Waals surface area contributed by atoms with E-state index in [-0.39, 0.29) is 18.1 Å². The smallest absolute Gasteiger partial charge is 0.181 e. The number of phenols is 1. The van der Waals surface area contributed by atoms with Crippen LogP contribution in [0.25, 0.3) is 6.08 Å². The van der Waals surface area contributed by atoms with Crippen LogP contribution in [0.2, 0.25) is 0 Å². The highest BCUT2D eigenvalue weighted by molar-refractivity contribution is 5.94. The minimum atomic E-state index is -0.0828. The Morgan fingerprint density at radius 2 is 2.07 bits per heavy atom. The van der Waals surface area contributed by atoms with Crippen molar-refractivity contribution in [2.24, 2.45) is 0 Å². The predicted octanol–water partition coefficient (Wildman–Crippen LogP) is 1.62. The van der Waals surface area contributed by atoms with Crippen molar-refractivity contribution in [3.63, 3.8) is 0 Å². The zero-order valence-electron chi connectivity index (χ0n) is 7.93. The molecule has 1 N–H and O–H groups in total. The van der Waals surface area contributed by atoms with Crippen LogP contribution in [0.4, 0.5) is 0 Å². The normalized spacial score (nSPS) is 10.6. The molecule has 74 valence electrons. The topological polar surface area (TPSA) is 46.5 Å². The average molecular weight is 192 g/mol. The van der Waals surface area contributed by atoms with Crippen LogP contribution in [0, 0.1) is 0 Å². The molecule has 1 rings (SSSR count). The van der Waals surface area contributed by atoms with E-state index in [1.54, 1.807) is 30.3 Å². The van der Waals surface area contributed by atoms with Crippen LogP contribution < -0.4 is 0 Å². The van der Waals surface area contributed by atoms with E-state index < -0.39 is 0 Å². The quantitative estimate of drug-likeness (QED) is 0.737. The zero-order chi connectivity index (χ0) is 10.4. The standard InChI is InChI=1S/C11H12O3/c1-14-8-11(13)7-4-9-2-5-10(12)6-3-9/h2-7,12H,8H2,1H3. The van der Waals surface area contributed by atoms with Gasteiger partial charge >= 0.3 is 0 Å². The molecule has 0 amide bonds. The van der Waals surface area contributed by atoms with Gasteiger partial charge in [-0.2, -0.15) is 0 Å². The Kier molecular flexibility index (Phi) is 3.88. The molecule has 14 heavy (non-hydrogen) atoms. The summed E-state index contributed by atoms with van der Waals surface area (Å²) in [4.78, 5) is 11.0. The molecule has 0 saturated carbocycles. The van der Waals surface area contributed by atoms with Crippen LogP contribution in [-0.2, 0) is 9.53 Å². The van der Waals surface area contributed by atoms with Crippen molar-refractivity contribution in [3.8, 4) is 5.75 Å². The van der Waals surface area contributed by atoms with Gasteiger partial charge in [-0.3, -0.25) is 4.79 Å². The third kappa shape index (κ3) is 3.41. The van der Waals surface area contributed by atoms with E-state index in [9.17, 15) is 4.79 Å². The van der Waals surface area contributed by atoms with Crippen molar-refractivity contribution < 1.29 is 14.6 Å². The first-order valence-electron chi connectivity index (χ1n) is 4.21. The van der Waals surface area contributed by atoms with Gasteiger partial charge in [0.2, 0.25) is 0 Å². The SMILES string of the molecule is COCC(=O)C=Cc1ccc(O)cc1. The lowest BCUT2D eigenvalue weighted by molar-refractivity contribution is -0.117. The molecule has 1 aromatic carbocycles. The molecule has 3 heteroatoms. The van der Waals surface area contributed by atoms with Gasteiger partial charge < -0.3 is 9.84 Å². The summed E-state index contributed by atoms with van der Waals surface area (Å²) in [6.07, 6.45) is 3.14. The molecule has 0 fully saturated rings. The summed E-state index contributed by atoms with van der Waals surface area (Å²) in [5.74, 6) is 0.131. The van der Waals surface area contributed by atoms with E-state index in [4.69, 9.17) is 5.11 Å². The number of phenolic OH excluding ortho intramolecular Hbond substituents is 1. The number of ether oxygens (including phenoxy) is 1. The van der Waals surface area contributed by atoms with Gasteiger partial charge in [-0.15, -0.1) is 0 Å². The summed E-state index contributed by atoms with van der Waals surface area (Å²) in [6, 6.07) is 6.60. The molecule has 0 aromatic heterocycles. The number of carbonyl (C=O) groups is 1. The average Bonchev–Trinajstić information content (AvgIpc) is 2.17. The van der Waals surface area contributed by atoms with Crippen molar-refractivity contribution in [1.82, 2.24) is 0 Å². The van der Waals surface area contributed by atoms with Crippen molar-refractivity contribution >= 4 is 11.9 Å².